The summed E-state index contributed by atoms with van der Waals surface area (Å²) >= 11 is 0. The number of hydrogen-bond acceptors (Lipinski definition) is 4. The molecule has 0 radical (unpaired) electrons. The van der Waals surface area contributed by atoms with Gasteiger partial charge in [-0.1, -0.05) is 52.3 Å². The molecule has 2 aromatic heterocycles. The van der Waals surface area contributed by atoms with E-state index in [4.69, 9.17) is 5.73 Å². The Morgan fingerprint density at radius 2 is 1.86 bits per heavy atom. The average molecular weight is 380 g/mol. The normalized spacial score (nSPS) is 16.1. The van der Waals surface area contributed by atoms with Crippen molar-refractivity contribution in [2.75, 3.05) is 5.73 Å². The maximum absolute atomic E-state index is 5.57. The highest BCUT2D eigenvalue weighted by atomic mass is 15.0. The van der Waals surface area contributed by atoms with Crippen LogP contribution in [-0.4, -0.2) is 19.5 Å². The molecule has 2 N–H and O–H groups in total. The molecule has 1 aliphatic carbocycles. The number of aromatic nitrogens is 4. The summed E-state index contributed by atoms with van der Waals surface area (Å²) in [7, 11) is 0. The van der Waals surface area contributed by atoms with E-state index in [1.807, 2.05) is 30.8 Å². The standard InChI is InChI=1S/C15H17N5.C8H16/c1-5-13(9-20-7-6-17-12(20)4)10(2)14-8-18-15(16)19-11(14)3;1-8(2)6-4-3-5-7-8/h5-9H,1-2H2,3-4H3,(H2,16,18,19);3-7H2,1-2H3/b13-9+;. The Bertz CT molecular complexity index is 850. The fourth-order valence-corrected chi connectivity index (χ4v) is 3.37. The summed E-state index contributed by atoms with van der Waals surface area (Å²) in [6, 6.07) is 0. The second-order valence-corrected chi connectivity index (χ2v) is 8.10. The topological polar surface area (TPSA) is 69.6 Å². The highest BCUT2D eigenvalue weighted by Crippen LogP contribution is 2.34. The van der Waals surface area contributed by atoms with Crippen molar-refractivity contribution >= 4 is 17.7 Å². The average Bonchev–Trinajstić information content (AvgIpc) is 3.04. The minimum absolute atomic E-state index is 0.258. The van der Waals surface area contributed by atoms with E-state index >= 15 is 0 Å². The van der Waals surface area contributed by atoms with E-state index in [2.05, 4.69) is 42.0 Å². The van der Waals surface area contributed by atoms with Crippen LogP contribution in [0.4, 0.5) is 5.95 Å². The summed E-state index contributed by atoms with van der Waals surface area (Å²) in [6.45, 7) is 16.5. The lowest BCUT2D eigenvalue weighted by Gasteiger charge is -2.28. The Labute approximate surface area is 169 Å². The zero-order chi connectivity index (χ0) is 20.7. The lowest BCUT2D eigenvalue weighted by molar-refractivity contribution is 0.244. The van der Waals surface area contributed by atoms with Gasteiger partial charge in [-0.25, -0.2) is 15.0 Å². The van der Waals surface area contributed by atoms with Crippen molar-refractivity contribution in [1.82, 2.24) is 19.5 Å². The third-order valence-corrected chi connectivity index (χ3v) is 5.24. The van der Waals surface area contributed by atoms with Crippen LogP contribution in [0, 0.1) is 19.3 Å². The second-order valence-electron chi connectivity index (χ2n) is 8.10. The predicted octanol–water partition coefficient (Wildman–Crippen LogP) is 5.59. The summed E-state index contributed by atoms with van der Waals surface area (Å²) in [5.41, 5.74) is 9.56. The number of imidazole rings is 1. The number of anilines is 1. The van der Waals surface area contributed by atoms with E-state index in [1.54, 1.807) is 18.5 Å². The third-order valence-electron chi connectivity index (χ3n) is 5.24. The van der Waals surface area contributed by atoms with Gasteiger partial charge in [0.05, 0.1) is 5.69 Å². The van der Waals surface area contributed by atoms with Gasteiger partial charge in [0.2, 0.25) is 5.95 Å². The van der Waals surface area contributed by atoms with Crippen molar-refractivity contribution in [2.45, 2.75) is 59.8 Å². The van der Waals surface area contributed by atoms with Crippen LogP contribution in [0.25, 0.3) is 11.8 Å². The fourth-order valence-electron chi connectivity index (χ4n) is 3.37. The molecule has 0 aromatic carbocycles. The molecule has 1 fully saturated rings. The molecule has 0 saturated heterocycles. The number of nitrogens with zero attached hydrogens (tertiary/aromatic N) is 4. The first-order chi connectivity index (χ1) is 13.2. The Balaban J connectivity index is 0.000000292. The molecule has 28 heavy (non-hydrogen) atoms. The van der Waals surface area contributed by atoms with Crippen LogP contribution < -0.4 is 5.73 Å². The van der Waals surface area contributed by atoms with Crippen molar-refractivity contribution in [1.29, 1.82) is 0 Å². The lowest BCUT2D eigenvalue weighted by atomic mass is 9.78. The van der Waals surface area contributed by atoms with E-state index in [-0.39, 0.29) is 5.95 Å². The number of hydrogen-bond donors (Lipinski definition) is 1. The second kappa shape index (κ2) is 9.49. The number of nitrogens with two attached hydrogens (primary N) is 1. The maximum atomic E-state index is 5.57. The van der Waals surface area contributed by atoms with E-state index in [0.29, 0.717) is 5.41 Å². The number of allylic oxidation sites excluding steroid dienone is 3. The van der Waals surface area contributed by atoms with Crippen molar-refractivity contribution in [3.05, 3.63) is 60.5 Å². The van der Waals surface area contributed by atoms with Gasteiger partial charge < -0.3 is 10.3 Å². The molecule has 0 unspecified atom stereocenters. The van der Waals surface area contributed by atoms with E-state index in [1.165, 1.54) is 32.1 Å². The van der Waals surface area contributed by atoms with E-state index in [9.17, 15) is 0 Å². The van der Waals surface area contributed by atoms with Gasteiger partial charge in [0, 0.05) is 30.4 Å². The van der Waals surface area contributed by atoms with Gasteiger partial charge in [0.1, 0.15) is 5.82 Å². The zero-order valence-electron chi connectivity index (χ0n) is 17.7. The Morgan fingerprint density at radius 1 is 1.18 bits per heavy atom. The molecular weight excluding hydrogens is 346 g/mol. The van der Waals surface area contributed by atoms with Crippen LogP contribution in [0.1, 0.15) is 63.0 Å². The molecule has 5 heteroatoms. The van der Waals surface area contributed by atoms with Crippen LogP contribution >= 0.6 is 0 Å². The first-order valence-corrected chi connectivity index (χ1v) is 9.86. The van der Waals surface area contributed by atoms with Crippen LogP contribution in [0.2, 0.25) is 0 Å². The first kappa shape index (κ1) is 21.6. The van der Waals surface area contributed by atoms with Gasteiger partial charge in [-0.05, 0) is 43.3 Å². The Kier molecular flexibility index (Phi) is 7.32. The molecular formula is C23H33N5. The molecule has 2 heterocycles. The molecule has 2 aromatic rings. The number of rotatable bonds is 4. The quantitative estimate of drug-likeness (QED) is 0.703. The molecule has 3 rings (SSSR count). The van der Waals surface area contributed by atoms with Crippen LogP contribution in [0.15, 0.2) is 43.4 Å². The summed E-state index contributed by atoms with van der Waals surface area (Å²) in [5.74, 6) is 1.15. The summed E-state index contributed by atoms with van der Waals surface area (Å²) in [5, 5.41) is 0. The molecule has 0 spiro atoms. The number of nitrogen functional groups attached to an aromatic ring is 1. The summed E-state index contributed by atoms with van der Waals surface area (Å²) < 4.78 is 1.91. The molecule has 1 aliphatic rings. The van der Waals surface area contributed by atoms with Gasteiger partial charge >= 0.3 is 0 Å². The molecule has 0 aliphatic heterocycles. The highest BCUT2D eigenvalue weighted by Gasteiger charge is 2.19. The van der Waals surface area contributed by atoms with Crippen LogP contribution in [0.3, 0.4) is 0 Å². The third kappa shape index (κ3) is 5.91. The molecule has 0 amide bonds. The van der Waals surface area contributed by atoms with E-state index < -0.39 is 0 Å². The minimum atomic E-state index is 0.258. The van der Waals surface area contributed by atoms with Gasteiger partial charge in [-0.3, -0.25) is 0 Å². The molecule has 1 saturated carbocycles. The molecule has 150 valence electrons. The first-order valence-electron chi connectivity index (χ1n) is 9.86. The summed E-state index contributed by atoms with van der Waals surface area (Å²) in [4.78, 5) is 12.3. The summed E-state index contributed by atoms with van der Waals surface area (Å²) in [6.07, 6.45) is 16.3. The highest BCUT2D eigenvalue weighted by molar-refractivity contribution is 5.84. The molecule has 5 nitrogen and oxygen atoms in total. The van der Waals surface area contributed by atoms with Crippen molar-refractivity contribution in [3.63, 3.8) is 0 Å². The Hall–Kier alpha value is -2.69. The van der Waals surface area contributed by atoms with E-state index in [0.717, 1.165) is 28.2 Å². The Morgan fingerprint density at radius 3 is 2.32 bits per heavy atom. The lowest BCUT2D eigenvalue weighted by Crippen LogP contribution is -2.14. The van der Waals surface area contributed by atoms with Crippen molar-refractivity contribution in [3.8, 4) is 0 Å². The minimum Gasteiger partial charge on any atom is -0.368 e. The van der Waals surface area contributed by atoms with Gasteiger partial charge in [0.25, 0.3) is 0 Å². The number of aryl methyl sites for hydroxylation is 2. The largest absolute Gasteiger partial charge is 0.368 e. The van der Waals surface area contributed by atoms with Crippen LogP contribution in [0.5, 0.6) is 0 Å². The predicted molar refractivity (Wildman–Crippen MR) is 119 cm³/mol. The SMILES string of the molecule is C=C/C(=C\n1ccnc1C)C(=C)c1cnc(N)nc1C.CC1(C)CCCCC1. The monoisotopic (exact) mass is 379 g/mol. The molecule has 0 bridgehead atoms. The fraction of sp³-hybridized carbons (Fsp3) is 0.435. The van der Waals surface area contributed by atoms with Crippen LogP contribution in [-0.2, 0) is 0 Å². The van der Waals surface area contributed by atoms with Gasteiger partial charge in [-0.2, -0.15) is 0 Å². The van der Waals surface area contributed by atoms with Crippen molar-refractivity contribution in [2.24, 2.45) is 5.41 Å². The smallest absolute Gasteiger partial charge is 0.220 e. The van der Waals surface area contributed by atoms with Crippen molar-refractivity contribution < 1.29 is 0 Å². The van der Waals surface area contributed by atoms with Gasteiger partial charge in [0.15, 0.2) is 0 Å². The molecule has 0 atom stereocenters. The maximum Gasteiger partial charge on any atom is 0.220 e. The van der Waals surface area contributed by atoms with Gasteiger partial charge in [-0.15, -0.1) is 0 Å². The zero-order valence-corrected chi connectivity index (χ0v) is 17.7.